The molecular formula is C17H18NO+. The maximum Gasteiger partial charge on any atom is 0.138 e. The molecule has 0 fully saturated rings. The molecule has 2 aromatic carbocycles. The van der Waals surface area contributed by atoms with E-state index in [0.29, 0.717) is 13.1 Å². The maximum atomic E-state index is 9.96. The summed E-state index contributed by atoms with van der Waals surface area (Å²) in [6, 6.07) is 19.6. The summed E-state index contributed by atoms with van der Waals surface area (Å²) in [7, 11) is 0. The quantitative estimate of drug-likeness (QED) is 0.625. The van der Waals surface area contributed by atoms with Gasteiger partial charge in [0.15, 0.2) is 0 Å². The third-order valence-corrected chi connectivity index (χ3v) is 2.83. The van der Waals surface area contributed by atoms with E-state index in [0.717, 1.165) is 11.1 Å². The summed E-state index contributed by atoms with van der Waals surface area (Å²) < 4.78 is 0. The van der Waals surface area contributed by atoms with Crippen LogP contribution in [-0.4, -0.2) is 18.2 Å². The van der Waals surface area contributed by atoms with E-state index in [2.05, 4.69) is 11.8 Å². The van der Waals surface area contributed by atoms with Gasteiger partial charge in [0, 0.05) is 5.56 Å². The Morgan fingerprint density at radius 2 is 1.58 bits per heavy atom. The van der Waals surface area contributed by atoms with Crippen LogP contribution in [0.15, 0.2) is 60.7 Å². The second kappa shape index (κ2) is 7.38. The van der Waals surface area contributed by atoms with Gasteiger partial charge in [-0.05, 0) is 23.6 Å². The van der Waals surface area contributed by atoms with Crippen molar-refractivity contribution in [3.63, 3.8) is 0 Å². The fourth-order valence-corrected chi connectivity index (χ4v) is 1.80. The molecule has 96 valence electrons. The van der Waals surface area contributed by atoms with E-state index in [1.165, 1.54) is 0 Å². The Morgan fingerprint density at radius 3 is 2.26 bits per heavy atom. The van der Waals surface area contributed by atoms with Crippen molar-refractivity contribution in [3.05, 3.63) is 71.8 Å². The van der Waals surface area contributed by atoms with E-state index in [1.807, 2.05) is 66.0 Å². The molecule has 0 aliphatic carbocycles. The highest BCUT2D eigenvalue weighted by Gasteiger charge is 2.07. The first-order valence-corrected chi connectivity index (χ1v) is 6.45. The summed E-state index contributed by atoms with van der Waals surface area (Å²) in [6.45, 7) is 1.33. The van der Waals surface area contributed by atoms with Crippen LogP contribution in [0.2, 0.25) is 0 Å². The van der Waals surface area contributed by atoms with Gasteiger partial charge in [0.1, 0.15) is 19.2 Å². The summed E-state index contributed by atoms with van der Waals surface area (Å²) in [5, 5.41) is 12.0. The van der Waals surface area contributed by atoms with E-state index in [-0.39, 0.29) is 0 Å². The number of nitrogens with two attached hydrogens (primary N) is 1. The maximum absolute atomic E-state index is 9.96. The molecule has 2 rings (SSSR count). The lowest BCUT2D eigenvalue weighted by Crippen LogP contribution is -2.85. The smallest absolute Gasteiger partial charge is 0.138 e. The standard InChI is InChI=1S/C17H17NO/c19-17(16-11-5-2-6-12-16)14-18-13-7-10-15-8-3-1-4-9-15/h1-6,8-9,11-12,17-19H,13-14H2/p+1/t17-/m0/s1. The summed E-state index contributed by atoms with van der Waals surface area (Å²) in [6.07, 6.45) is -0.431. The van der Waals surface area contributed by atoms with Gasteiger partial charge in [0.25, 0.3) is 0 Å². The van der Waals surface area contributed by atoms with Gasteiger partial charge >= 0.3 is 0 Å². The van der Waals surface area contributed by atoms with Crippen LogP contribution in [0, 0.1) is 11.8 Å². The lowest BCUT2D eigenvalue weighted by atomic mass is 10.1. The van der Waals surface area contributed by atoms with E-state index < -0.39 is 6.10 Å². The molecule has 1 atom stereocenters. The van der Waals surface area contributed by atoms with Gasteiger partial charge in [-0.2, -0.15) is 0 Å². The summed E-state index contributed by atoms with van der Waals surface area (Å²) in [5.74, 6) is 6.19. The van der Waals surface area contributed by atoms with Crippen LogP contribution in [0.4, 0.5) is 0 Å². The Bertz CT molecular complexity index is 540. The summed E-state index contributed by atoms with van der Waals surface area (Å²) in [4.78, 5) is 0. The lowest BCUT2D eigenvalue weighted by Gasteiger charge is -2.07. The molecule has 0 aliphatic heterocycles. The van der Waals surface area contributed by atoms with E-state index in [4.69, 9.17) is 0 Å². The molecule has 2 nitrogen and oxygen atoms in total. The van der Waals surface area contributed by atoms with Crippen molar-refractivity contribution < 1.29 is 10.4 Å². The van der Waals surface area contributed by atoms with Crippen molar-refractivity contribution in [1.29, 1.82) is 0 Å². The topological polar surface area (TPSA) is 36.8 Å². The summed E-state index contributed by atoms with van der Waals surface area (Å²) in [5.41, 5.74) is 1.98. The number of hydrogen-bond donors (Lipinski definition) is 2. The van der Waals surface area contributed by atoms with Crippen molar-refractivity contribution in [2.45, 2.75) is 6.10 Å². The Kier molecular flexibility index (Phi) is 5.18. The second-order valence-corrected chi connectivity index (χ2v) is 4.32. The van der Waals surface area contributed by atoms with Gasteiger partial charge in [-0.1, -0.05) is 54.5 Å². The monoisotopic (exact) mass is 252 g/mol. The van der Waals surface area contributed by atoms with Gasteiger partial charge in [-0.3, -0.25) is 0 Å². The second-order valence-electron chi connectivity index (χ2n) is 4.32. The van der Waals surface area contributed by atoms with E-state index >= 15 is 0 Å². The predicted molar refractivity (Wildman–Crippen MR) is 76.4 cm³/mol. The number of rotatable bonds is 4. The van der Waals surface area contributed by atoms with E-state index in [9.17, 15) is 5.11 Å². The van der Waals surface area contributed by atoms with Crippen LogP contribution in [0.3, 0.4) is 0 Å². The molecule has 0 unspecified atom stereocenters. The van der Waals surface area contributed by atoms with Crippen molar-refractivity contribution in [2.75, 3.05) is 13.1 Å². The van der Waals surface area contributed by atoms with Crippen molar-refractivity contribution >= 4 is 0 Å². The van der Waals surface area contributed by atoms with Crippen molar-refractivity contribution in [2.24, 2.45) is 0 Å². The number of aliphatic hydroxyl groups excluding tert-OH is 1. The fraction of sp³-hybridized carbons (Fsp3) is 0.176. The number of benzene rings is 2. The third-order valence-electron chi connectivity index (χ3n) is 2.83. The molecule has 0 saturated heterocycles. The van der Waals surface area contributed by atoms with Crippen LogP contribution in [0.25, 0.3) is 0 Å². The molecule has 0 heterocycles. The van der Waals surface area contributed by atoms with Gasteiger partial charge in [0.05, 0.1) is 0 Å². The van der Waals surface area contributed by atoms with E-state index in [1.54, 1.807) is 0 Å². The molecule has 0 bridgehead atoms. The van der Waals surface area contributed by atoms with Crippen LogP contribution >= 0.6 is 0 Å². The van der Waals surface area contributed by atoms with Crippen LogP contribution in [0.1, 0.15) is 17.2 Å². The zero-order valence-electron chi connectivity index (χ0n) is 10.8. The Labute approximate surface area is 114 Å². The summed E-state index contributed by atoms with van der Waals surface area (Å²) >= 11 is 0. The Morgan fingerprint density at radius 1 is 0.947 bits per heavy atom. The molecular weight excluding hydrogens is 234 g/mol. The Hall–Kier alpha value is -2.08. The van der Waals surface area contributed by atoms with Gasteiger partial charge in [0.2, 0.25) is 0 Å². The minimum absolute atomic E-state index is 0.431. The van der Waals surface area contributed by atoms with Gasteiger partial charge in [-0.15, -0.1) is 0 Å². The number of quaternary nitrogens is 1. The highest BCUT2D eigenvalue weighted by atomic mass is 16.3. The van der Waals surface area contributed by atoms with Crippen molar-refractivity contribution in [1.82, 2.24) is 0 Å². The van der Waals surface area contributed by atoms with Crippen LogP contribution < -0.4 is 5.32 Å². The average Bonchev–Trinajstić information content (AvgIpc) is 2.49. The van der Waals surface area contributed by atoms with Crippen molar-refractivity contribution in [3.8, 4) is 11.8 Å². The normalized spacial score (nSPS) is 11.4. The molecule has 0 amide bonds. The zero-order valence-corrected chi connectivity index (χ0v) is 10.8. The predicted octanol–water partition coefficient (Wildman–Crippen LogP) is 1.34. The van der Waals surface area contributed by atoms with Gasteiger partial charge < -0.3 is 10.4 Å². The molecule has 0 aromatic heterocycles. The average molecular weight is 252 g/mol. The molecule has 2 heteroatoms. The zero-order chi connectivity index (χ0) is 13.3. The van der Waals surface area contributed by atoms with Crippen LogP contribution in [0.5, 0.6) is 0 Å². The lowest BCUT2D eigenvalue weighted by molar-refractivity contribution is -0.651. The molecule has 0 aliphatic rings. The first-order valence-electron chi connectivity index (χ1n) is 6.45. The van der Waals surface area contributed by atoms with Crippen LogP contribution in [-0.2, 0) is 0 Å². The largest absolute Gasteiger partial charge is 0.382 e. The molecule has 3 N–H and O–H groups in total. The fourth-order valence-electron chi connectivity index (χ4n) is 1.80. The first kappa shape index (κ1) is 13.4. The molecule has 0 spiro atoms. The first-order chi connectivity index (χ1) is 9.36. The van der Waals surface area contributed by atoms with Gasteiger partial charge in [-0.25, -0.2) is 0 Å². The molecule has 2 aromatic rings. The number of aliphatic hydroxyl groups is 1. The molecule has 19 heavy (non-hydrogen) atoms. The third kappa shape index (κ3) is 4.59. The molecule has 0 saturated carbocycles. The highest BCUT2D eigenvalue weighted by Crippen LogP contribution is 2.08. The molecule has 0 radical (unpaired) electrons. The number of hydrogen-bond acceptors (Lipinski definition) is 1. The Balaban J connectivity index is 1.74. The SMILES string of the molecule is O[C@@H](C[NH2+]CC#Cc1ccccc1)c1ccccc1. The minimum Gasteiger partial charge on any atom is -0.382 e. The minimum atomic E-state index is -0.431. The highest BCUT2D eigenvalue weighted by molar-refractivity contribution is 5.33.